The highest BCUT2D eigenvalue weighted by molar-refractivity contribution is 9.10. The highest BCUT2D eigenvalue weighted by atomic mass is 79.9. The zero-order chi connectivity index (χ0) is 11.1. The van der Waals surface area contributed by atoms with Crippen LogP contribution in [0.3, 0.4) is 0 Å². The van der Waals surface area contributed by atoms with E-state index in [1.54, 1.807) is 0 Å². The zero-order valence-corrected chi connectivity index (χ0v) is 10.3. The Morgan fingerprint density at radius 1 is 1.53 bits per heavy atom. The van der Waals surface area contributed by atoms with Crippen molar-refractivity contribution >= 4 is 15.9 Å². The second-order valence-electron chi connectivity index (χ2n) is 3.03. The minimum Gasteiger partial charge on any atom is -0.481 e. The van der Waals surface area contributed by atoms with Crippen LogP contribution in [0.5, 0.6) is 5.75 Å². The second kappa shape index (κ2) is 6.49. The largest absolute Gasteiger partial charge is 0.481 e. The molecule has 0 radical (unpaired) electrons. The highest BCUT2D eigenvalue weighted by Gasteiger charge is 2.03. The summed E-state index contributed by atoms with van der Waals surface area (Å²) in [5.41, 5.74) is 1.11. The third kappa shape index (κ3) is 3.94. The van der Waals surface area contributed by atoms with Crippen LogP contribution in [0, 0.1) is 12.3 Å². The average Bonchev–Trinajstić information content (AvgIpc) is 2.25. The van der Waals surface area contributed by atoms with Crippen LogP contribution >= 0.6 is 15.9 Å². The van der Waals surface area contributed by atoms with Gasteiger partial charge in [0.15, 0.2) is 0 Å². The first-order chi connectivity index (χ1) is 7.27. The maximum atomic E-state index is 5.44. The summed E-state index contributed by atoms with van der Waals surface area (Å²) in [5.74, 6) is 3.30. The van der Waals surface area contributed by atoms with Gasteiger partial charge in [-0.3, -0.25) is 0 Å². The van der Waals surface area contributed by atoms with E-state index in [0.29, 0.717) is 6.61 Å². The van der Waals surface area contributed by atoms with E-state index in [4.69, 9.17) is 11.2 Å². The Bertz CT molecular complexity index is 357. The third-order valence-electron chi connectivity index (χ3n) is 1.90. The molecule has 1 N–H and O–H groups in total. The molecule has 0 spiro atoms. The predicted molar refractivity (Wildman–Crippen MR) is 65.9 cm³/mol. The molecule has 0 saturated carbocycles. The van der Waals surface area contributed by atoms with Crippen LogP contribution < -0.4 is 10.1 Å². The Balaban J connectivity index is 2.78. The van der Waals surface area contributed by atoms with Crippen molar-refractivity contribution in [3.05, 3.63) is 28.2 Å². The quantitative estimate of drug-likeness (QED) is 0.829. The zero-order valence-electron chi connectivity index (χ0n) is 8.72. The summed E-state index contributed by atoms with van der Waals surface area (Å²) in [6, 6.07) is 5.91. The lowest BCUT2D eigenvalue weighted by molar-refractivity contribution is 0.365. The summed E-state index contributed by atoms with van der Waals surface area (Å²) >= 11 is 3.43. The standard InChI is InChI=1S/C12H14BrNO/c1-3-7-15-12-6-5-11(13)8-10(12)9-14-4-2/h1,5-6,8,14H,4,7,9H2,2H3. The smallest absolute Gasteiger partial charge is 0.148 e. The van der Waals surface area contributed by atoms with E-state index in [9.17, 15) is 0 Å². The normalized spacial score (nSPS) is 9.67. The van der Waals surface area contributed by atoms with Crippen LogP contribution in [0.15, 0.2) is 22.7 Å². The molecule has 1 rings (SSSR count). The van der Waals surface area contributed by atoms with Crippen molar-refractivity contribution in [1.29, 1.82) is 0 Å². The summed E-state index contributed by atoms with van der Waals surface area (Å²) in [6.45, 7) is 4.09. The molecule has 0 amide bonds. The van der Waals surface area contributed by atoms with Gasteiger partial charge in [0, 0.05) is 16.6 Å². The van der Waals surface area contributed by atoms with E-state index < -0.39 is 0 Å². The van der Waals surface area contributed by atoms with Crippen molar-refractivity contribution in [2.45, 2.75) is 13.5 Å². The fourth-order valence-corrected chi connectivity index (χ4v) is 1.61. The molecule has 1 aromatic rings. The molecular formula is C12H14BrNO. The molecule has 1 aromatic carbocycles. The van der Waals surface area contributed by atoms with Gasteiger partial charge in [0.1, 0.15) is 12.4 Å². The second-order valence-corrected chi connectivity index (χ2v) is 3.94. The minimum absolute atomic E-state index is 0.306. The van der Waals surface area contributed by atoms with Gasteiger partial charge in [0.2, 0.25) is 0 Å². The van der Waals surface area contributed by atoms with E-state index in [2.05, 4.69) is 34.1 Å². The van der Waals surface area contributed by atoms with Gasteiger partial charge in [0.25, 0.3) is 0 Å². The van der Waals surface area contributed by atoms with Crippen LogP contribution in [0.25, 0.3) is 0 Å². The Morgan fingerprint density at radius 3 is 3.00 bits per heavy atom. The number of terminal acetylenes is 1. The van der Waals surface area contributed by atoms with Crippen molar-refractivity contribution in [2.24, 2.45) is 0 Å². The summed E-state index contributed by atoms with van der Waals surface area (Å²) in [4.78, 5) is 0. The molecule has 3 heteroatoms. The number of hydrogen-bond donors (Lipinski definition) is 1. The molecular weight excluding hydrogens is 254 g/mol. The number of rotatable bonds is 5. The van der Waals surface area contributed by atoms with Gasteiger partial charge >= 0.3 is 0 Å². The molecule has 0 aromatic heterocycles. The summed E-state index contributed by atoms with van der Waals surface area (Å²) < 4.78 is 6.49. The van der Waals surface area contributed by atoms with E-state index in [0.717, 1.165) is 28.9 Å². The van der Waals surface area contributed by atoms with E-state index >= 15 is 0 Å². The fraction of sp³-hybridized carbons (Fsp3) is 0.333. The summed E-state index contributed by atoms with van der Waals surface area (Å²) in [5, 5.41) is 3.26. The Kier molecular flexibility index (Phi) is 5.23. The number of nitrogens with one attached hydrogen (secondary N) is 1. The van der Waals surface area contributed by atoms with Crippen molar-refractivity contribution in [3.8, 4) is 18.1 Å². The first-order valence-electron chi connectivity index (χ1n) is 4.83. The molecule has 0 heterocycles. The molecule has 0 atom stereocenters. The molecule has 15 heavy (non-hydrogen) atoms. The molecule has 80 valence electrons. The number of hydrogen-bond acceptors (Lipinski definition) is 2. The monoisotopic (exact) mass is 267 g/mol. The molecule has 0 aliphatic rings. The number of ether oxygens (including phenoxy) is 1. The minimum atomic E-state index is 0.306. The summed E-state index contributed by atoms with van der Waals surface area (Å²) in [7, 11) is 0. The lowest BCUT2D eigenvalue weighted by Crippen LogP contribution is -2.13. The van der Waals surface area contributed by atoms with E-state index in [1.165, 1.54) is 0 Å². The highest BCUT2D eigenvalue weighted by Crippen LogP contribution is 2.23. The molecule has 0 bridgehead atoms. The Hall–Kier alpha value is -0.980. The van der Waals surface area contributed by atoms with Gasteiger partial charge in [0.05, 0.1) is 0 Å². The van der Waals surface area contributed by atoms with Crippen LogP contribution in [0.1, 0.15) is 12.5 Å². The first-order valence-corrected chi connectivity index (χ1v) is 5.62. The molecule has 0 fully saturated rings. The molecule has 2 nitrogen and oxygen atoms in total. The maximum absolute atomic E-state index is 5.44. The van der Waals surface area contributed by atoms with Gasteiger partial charge in [-0.1, -0.05) is 28.8 Å². The molecule has 0 aliphatic carbocycles. The molecule has 0 unspecified atom stereocenters. The van der Waals surface area contributed by atoms with Gasteiger partial charge in [-0.25, -0.2) is 0 Å². The van der Waals surface area contributed by atoms with Crippen molar-refractivity contribution in [2.75, 3.05) is 13.2 Å². The summed E-state index contributed by atoms with van der Waals surface area (Å²) in [6.07, 6.45) is 5.16. The Labute approximate surface area is 99.2 Å². The molecule has 0 aliphatic heterocycles. The fourth-order valence-electron chi connectivity index (χ4n) is 1.21. The van der Waals surface area contributed by atoms with Gasteiger partial charge in [-0.15, -0.1) is 6.42 Å². The van der Waals surface area contributed by atoms with Gasteiger partial charge in [-0.2, -0.15) is 0 Å². The van der Waals surface area contributed by atoms with E-state index in [-0.39, 0.29) is 0 Å². The maximum Gasteiger partial charge on any atom is 0.148 e. The van der Waals surface area contributed by atoms with Gasteiger partial charge < -0.3 is 10.1 Å². The van der Waals surface area contributed by atoms with Crippen LogP contribution in [-0.2, 0) is 6.54 Å². The predicted octanol–water partition coefficient (Wildman–Crippen LogP) is 2.57. The SMILES string of the molecule is C#CCOc1ccc(Br)cc1CNCC. The van der Waals surface area contributed by atoms with Crippen LogP contribution in [-0.4, -0.2) is 13.2 Å². The van der Waals surface area contributed by atoms with Crippen molar-refractivity contribution in [3.63, 3.8) is 0 Å². The number of benzene rings is 1. The van der Waals surface area contributed by atoms with E-state index in [1.807, 2.05) is 18.2 Å². The van der Waals surface area contributed by atoms with Gasteiger partial charge in [-0.05, 0) is 24.7 Å². The third-order valence-corrected chi connectivity index (χ3v) is 2.39. The Morgan fingerprint density at radius 2 is 2.33 bits per heavy atom. The topological polar surface area (TPSA) is 21.3 Å². The lowest BCUT2D eigenvalue weighted by atomic mass is 10.2. The average molecular weight is 268 g/mol. The van der Waals surface area contributed by atoms with Crippen LogP contribution in [0.4, 0.5) is 0 Å². The van der Waals surface area contributed by atoms with Crippen molar-refractivity contribution in [1.82, 2.24) is 5.32 Å². The molecule has 0 saturated heterocycles. The van der Waals surface area contributed by atoms with Crippen molar-refractivity contribution < 1.29 is 4.74 Å². The van der Waals surface area contributed by atoms with Crippen LogP contribution in [0.2, 0.25) is 0 Å². The lowest BCUT2D eigenvalue weighted by Gasteiger charge is -2.10. The first kappa shape index (κ1) is 12.1. The number of halogens is 1.